The second-order valence-electron chi connectivity index (χ2n) is 4.05. The average molecular weight is 245 g/mol. The molecule has 88 valence electrons. The molecule has 0 radical (unpaired) electrons. The van der Waals surface area contributed by atoms with Gasteiger partial charge < -0.3 is 5.73 Å². The van der Waals surface area contributed by atoms with Crippen molar-refractivity contribution in [2.75, 3.05) is 5.73 Å². The van der Waals surface area contributed by atoms with E-state index in [9.17, 15) is 4.21 Å². The zero-order valence-electron chi connectivity index (χ0n) is 9.72. The highest BCUT2D eigenvalue weighted by Crippen LogP contribution is 2.14. The second-order valence-corrected chi connectivity index (χ2v) is 5.50. The maximum atomic E-state index is 12.1. The smallest absolute Gasteiger partial charge is 0.0574 e. The van der Waals surface area contributed by atoms with Crippen molar-refractivity contribution in [1.82, 2.24) is 0 Å². The Morgan fingerprint density at radius 3 is 2.47 bits per heavy atom. The fraction of sp³-hybridized carbons (Fsp3) is 0.143. The first-order valence-corrected chi connectivity index (χ1v) is 6.76. The lowest BCUT2D eigenvalue weighted by Gasteiger charge is -2.04. The number of aryl methyl sites for hydroxylation is 1. The zero-order chi connectivity index (χ0) is 12.3. The summed E-state index contributed by atoms with van der Waals surface area (Å²) in [6.07, 6.45) is 0. The van der Waals surface area contributed by atoms with Crippen LogP contribution in [0.15, 0.2) is 53.4 Å². The fourth-order valence-electron chi connectivity index (χ4n) is 1.66. The minimum Gasteiger partial charge on any atom is -0.399 e. The van der Waals surface area contributed by atoms with Gasteiger partial charge in [-0.05, 0) is 36.8 Å². The van der Waals surface area contributed by atoms with Crippen LogP contribution in [0.4, 0.5) is 5.69 Å². The van der Waals surface area contributed by atoms with Crippen LogP contribution in [0.2, 0.25) is 0 Å². The molecule has 0 aromatic heterocycles. The van der Waals surface area contributed by atoms with Gasteiger partial charge in [-0.25, -0.2) is 0 Å². The second kappa shape index (κ2) is 5.15. The van der Waals surface area contributed by atoms with Gasteiger partial charge >= 0.3 is 0 Å². The van der Waals surface area contributed by atoms with Crippen LogP contribution in [0.25, 0.3) is 0 Å². The third kappa shape index (κ3) is 3.17. The van der Waals surface area contributed by atoms with Gasteiger partial charge in [0.2, 0.25) is 0 Å². The Labute approximate surface area is 104 Å². The highest BCUT2D eigenvalue weighted by atomic mass is 32.2. The molecule has 2 rings (SSSR count). The van der Waals surface area contributed by atoms with Crippen molar-refractivity contribution >= 4 is 16.5 Å². The van der Waals surface area contributed by atoms with Crippen molar-refractivity contribution in [2.24, 2.45) is 0 Å². The summed E-state index contributed by atoms with van der Waals surface area (Å²) in [7, 11) is -1.01. The Kier molecular flexibility index (Phi) is 3.59. The molecule has 2 aromatic rings. The summed E-state index contributed by atoms with van der Waals surface area (Å²) in [6, 6.07) is 15.3. The highest BCUT2D eigenvalue weighted by Gasteiger charge is 2.04. The van der Waals surface area contributed by atoms with Crippen LogP contribution in [0, 0.1) is 6.92 Å². The topological polar surface area (TPSA) is 43.1 Å². The number of hydrogen-bond donors (Lipinski definition) is 1. The third-order valence-corrected chi connectivity index (χ3v) is 3.92. The van der Waals surface area contributed by atoms with E-state index in [0.29, 0.717) is 11.4 Å². The monoisotopic (exact) mass is 245 g/mol. The lowest BCUT2D eigenvalue weighted by molar-refractivity contribution is 0.682. The molecule has 0 saturated carbocycles. The van der Waals surface area contributed by atoms with Crippen LogP contribution < -0.4 is 5.73 Å². The lowest BCUT2D eigenvalue weighted by Crippen LogP contribution is -1.97. The van der Waals surface area contributed by atoms with E-state index in [2.05, 4.69) is 6.07 Å². The van der Waals surface area contributed by atoms with Crippen molar-refractivity contribution in [3.63, 3.8) is 0 Å². The minimum atomic E-state index is -1.01. The summed E-state index contributed by atoms with van der Waals surface area (Å²) in [5.41, 5.74) is 8.58. The number of benzene rings is 2. The summed E-state index contributed by atoms with van der Waals surface area (Å²) >= 11 is 0. The van der Waals surface area contributed by atoms with Gasteiger partial charge in [0.1, 0.15) is 0 Å². The third-order valence-electron chi connectivity index (χ3n) is 2.52. The summed E-state index contributed by atoms with van der Waals surface area (Å²) in [5.74, 6) is 0.547. The van der Waals surface area contributed by atoms with Crippen molar-refractivity contribution in [2.45, 2.75) is 17.6 Å². The normalized spacial score (nSPS) is 12.3. The van der Waals surface area contributed by atoms with Gasteiger partial charge in [-0.1, -0.05) is 29.8 Å². The molecule has 0 aliphatic heterocycles. The molecule has 0 heterocycles. The molecular weight excluding hydrogens is 230 g/mol. The van der Waals surface area contributed by atoms with E-state index in [1.165, 1.54) is 5.56 Å². The highest BCUT2D eigenvalue weighted by molar-refractivity contribution is 7.84. The Morgan fingerprint density at radius 2 is 1.82 bits per heavy atom. The molecule has 0 bridgehead atoms. The average Bonchev–Trinajstić information content (AvgIpc) is 2.29. The molecule has 0 aliphatic rings. The summed E-state index contributed by atoms with van der Waals surface area (Å²) < 4.78 is 12.1. The van der Waals surface area contributed by atoms with Gasteiger partial charge in [0.15, 0.2) is 0 Å². The quantitative estimate of drug-likeness (QED) is 0.845. The first-order valence-electron chi connectivity index (χ1n) is 5.44. The number of rotatable bonds is 3. The molecule has 3 heteroatoms. The van der Waals surface area contributed by atoms with E-state index in [0.717, 1.165) is 10.5 Å². The Balaban J connectivity index is 2.14. The van der Waals surface area contributed by atoms with Crippen LogP contribution in [0.5, 0.6) is 0 Å². The van der Waals surface area contributed by atoms with E-state index in [4.69, 9.17) is 5.73 Å². The molecule has 0 amide bonds. The Morgan fingerprint density at radius 1 is 1.12 bits per heavy atom. The molecule has 1 unspecified atom stereocenters. The number of hydrogen-bond acceptors (Lipinski definition) is 2. The molecular formula is C14H15NOS. The maximum absolute atomic E-state index is 12.1. The first-order chi connectivity index (χ1) is 8.15. The van der Waals surface area contributed by atoms with Crippen molar-refractivity contribution < 1.29 is 4.21 Å². The Hall–Kier alpha value is -1.61. The molecule has 2 aromatic carbocycles. The van der Waals surface area contributed by atoms with Crippen molar-refractivity contribution in [3.8, 4) is 0 Å². The standard InChI is InChI=1S/C14H15NOS/c1-11-3-2-4-12(9-11)10-17(16)14-7-5-13(15)6-8-14/h2-9H,10,15H2,1H3. The van der Waals surface area contributed by atoms with Gasteiger partial charge in [-0.15, -0.1) is 0 Å². The van der Waals surface area contributed by atoms with Crippen molar-refractivity contribution in [3.05, 3.63) is 59.7 Å². The van der Waals surface area contributed by atoms with Crippen molar-refractivity contribution in [1.29, 1.82) is 0 Å². The molecule has 0 aliphatic carbocycles. The molecule has 0 spiro atoms. The number of nitrogen functional groups attached to an aromatic ring is 1. The number of nitrogens with two attached hydrogens (primary N) is 1. The predicted molar refractivity (Wildman–Crippen MR) is 72.1 cm³/mol. The minimum absolute atomic E-state index is 0.547. The van der Waals surface area contributed by atoms with Gasteiger partial charge in [0, 0.05) is 10.6 Å². The molecule has 17 heavy (non-hydrogen) atoms. The van der Waals surface area contributed by atoms with Crippen LogP contribution in [-0.2, 0) is 16.6 Å². The lowest BCUT2D eigenvalue weighted by atomic mass is 10.2. The molecule has 0 saturated heterocycles. The van der Waals surface area contributed by atoms with E-state index >= 15 is 0 Å². The van der Waals surface area contributed by atoms with Crippen LogP contribution >= 0.6 is 0 Å². The van der Waals surface area contributed by atoms with Crippen LogP contribution in [0.1, 0.15) is 11.1 Å². The molecule has 0 fully saturated rings. The van der Waals surface area contributed by atoms with Crippen LogP contribution in [0.3, 0.4) is 0 Å². The molecule has 1 atom stereocenters. The molecule has 2 nitrogen and oxygen atoms in total. The number of anilines is 1. The largest absolute Gasteiger partial charge is 0.399 e. The summed E-state index contributed by atoms with van der Waals surface area (Å²) in [6.45, 7) is 2.04. The van der Waals surface area contributed by atoms with Gasteiger partial charge in [-0.2, -0.15) is 0 Å². The fourth-order valence-corrected chi connectivity index (χ4v) is 2.74. The van der Waals surface area contributed by atoms with Crippen LogP contribution in [-0.4, -0.2) is 4.21 Å². The predicted octanol–water partition coefficient (Wildman–Crippen LogP) is 2.89. The SMILES string of the molecule is Cc1cccc(CS(=O)c2ccc(N)cc2)c1. The summed E-state index contributed by atoms with van der Waals surface area (Å²) in [5, 5.41) is 0. The van der Waals surface area contributed by atoms with E-state index in [-0.39, 0.29) is 0 Å². The van der Waals surface area contributed by atoms with Gasteiger partial charge in [0.05, 0.1) is 16.6 Å². The maximum Gasteiger partial charge on any atom is 0.0574 e. The summed E-state index contributed by atoms with van der Waals surface area (Å²) in [4.78, 5) is 0.820. The Bertz CT molecular complexity index is 534. The van der Waals surface area contributed by atoms with Gasteiger partial charge in [0.25, 0.3) is 0 Å². The first kappa shape index (κ1) is 11.9. The van der Waals surface area contributed by atoms with E-state index in [1.807, 2.05) is 37.3 Å². The van der Waals surface area contributed by atoms with E-state index in [1.54, 1.807) is 12.1 Å². The zero-order valence-corrected chi connectivity index (χ0v) is 10.5. The molecule has 2 N–H and O–H groups in total. The van der Waals surface area contributed by atoms with E-state index < -0.39 is 10.8 Å². The van der Waals surface area contributed by atoms with Gasteiger partial charge in [-0.3, -0.25) is 4.21 Å².